The zero-order valence-electron chi connectivity index (χ0n) is 18.7. The van der Waals surface area contributed by atoms with Crippen LogP contribution < -0.4 is 10.6 Å². The summed E-state index contributed by atoms with van der Waals surface area (Å²) < 4.78 is 26.1. The quantitative estimate of drug-likeness (QED) is 0.563. The number of rotatable bonds is 8. The maximum absolute atomic E-state index is 13.1. The number of aliphatic hydroxyl groups is 1. The highest BCUT2D eigenvalue weighted by atomic mass is 19.1. The van der Waals surface area contributed by atoms with Crippen LogP contribution in [0.2, 0.25) is 0 Å². The Balaban J connectivity index is 1.46. The van der Waals surface area contributed by atoms with E-state index in [4.69, 9.17) is 0 Å². The van der Waals surface area contributed by atoms with Crippen molar-refractivity contribution < 1.29 is 18.7 Å². The third-order valence-electron chi connectivity index (χ3n) is 6.12. The third kappa shape index (κ3) is 7.28. The molecule has 7 heteroatoms. The van der Waals surface area contributed by atoms with Crippen LogP contribution in [0, 0.1) is 23.5 Å². The number of aliphatic hydroxyl groups excluding tert-OH is 1. The fourth-order valence-electron chi connectivity index (χ4n) is 4.26. The molecule has 1 saturated heterocycles. The molecule has 0 saturated carbocycles. The molecule has 1 heterocycles. The van der Waals surface area contributed by atoms with Gasteiger partial charge in [-0.25, -0.2) is 13.6 Å². The van der Waals surface area contributed by atoms with Crippen LogP contribution in [0.15, 0.2) is 48.5 Å². The molecule has 3 N–H and O–H groups in total. The van der Waals surface area contributed by atoms with Gasteiger partial charge < -0.3 is 20.6 Å². The lowest BCUT2D eigenvalue weighted by atomic mass is 9.89. The van der Waals surface area contributed by atoms with Gasteiger partial charge in [-0.3, -0.25) is 0 Å². The van der Waals surface area contributed by atoms with Gasteiger partial charge in [0.15, 0.2) is 0 Å². The van der Waals surface area contributed by atoms with Gasteiger partial charge in [-0.05, 0) is 86.1 Å². The predicted molar refractivity (Wildman–Crippen MR) is 122 cm³/mol. The number of likely N-dealkylation sites (tertiary alicyclic amines) is 1. The minimum absolute atomic E-state index is 0.0417. The first-order valence-electron chi connectivity index (χ1n) is 11.3. The van der Waals surface area contributed by atoms with Crippen LogP contribution >= 0.6 is 0 Å². The number of anilines is 1. The highest BCUT2D eigenvalue weighted by Gasteiger charge is 2.28. The first kappa shape index (κ1) is 24.1. The van der Waals surface area contributed by atoms with E-state index >= 15 is 0 Å². The molecule has 0 unspecified atom stereocenters. The van der Waals surface area contributed by atoms with Crippen molar-refractivity contribution in [2.75, 3.05) is 25.0 Å². The molecule has 0 spiro atoms. The SMILES string of the molecule is CC(C)[C@@H](NC(=O)Nc1ccc(F)cc1)[C@H](O)CN1CCC(Cc2ccc(F)cc2)CC1. The lowest BCUT2D eigenvalue weighted by molar-refractivity contribution is 0.0539. The predicted octanol–water partition coefficient (Wildman–Crippen LogP) is 4.43. The zero-order valence-corrected chi connectivity index (χ0v) is 18.7. The van der Waals surface area contributed by atoms with Gasteiger partial charge in [-0.15, -0.1) is 0 Å². The summed E-state index contributed by atoms with van der Waals surface area (Å²) in [5, 5.41) is 16.4. The van der Waals surface area contributed by atoms with E-state index in [1.54, 1.807) is 0 Å². The summed E-state index contributed by atoms with van der Waals surface area (Å²) in [6, 6.07) is 11.4. The van der Waals surface area contributed by atoms with Gasteiger partial charge in [0.05, 0.1) is 12.1 Å². The van der Waals surface area contributed by atoms with Crippen molar-refractivity contribution in [2.24, 2.45) is 11.8 Å². The number of hydrogen-bond donors (Lipinski definition) is 3. The fourth-order valence-corrected chi connectivity index (χ4v) is 4.26. The van der Waals surface area contributed by atoms with Crippen molar-refractivity contribution in [3.8, 4) is 0 Å². The maximum atomic E-state index is 13.1. The number of benzene rings is 2. The Bertz CT molecular complexity index is 850. The number of halogens is 2. The number of piperidine rings is 1. The standard InChI is InChI=1S/C25H33F2N3O2/c1-17(2)24(29-25(32)28-22-9-7-21(27)8-10-22)23(31)16-30-13-11-19(12-14-30)15-18-3-5-20(26)6-4-18/h3-10,17,19,23-24,31H,11-16H2,1-2H3,(H2,28,29,32)/t23-,24-/m1/s1. The van der Waals surface area contributed by atoms with E-state index in [9.17, 15) is 18.7 Å². The second-order valence-electron chi connectivity index (χ2n) is 9.02. The van der Waals surface area contributed by atoms with Gasteiger partial charge in [0.25, 0.3) is 0 Å². The normalized spacial score (nSPS) is 17.2. The van der Waals surface area contributed by atoms with Crippen LogP contribution in [0.25, 0.3) is 0 Å². The Kier molecular flexibility index (Phi) is 8.59. The van der Waals surface area contributed by atoms with E-state index in [1.165, 1.54) is 36.4 Å². The molecular weight excluding hydrogens is 412 g/mol. The summed E-state index contributed by atoms with van der Waals surface area (Å²) in [5.41, 5.74) is 1.64. The molecule has 5 nitrogen and oxygen atoms in total. The molecule has 0 bridgehead atoms. The van der Waals surface area contributed by atoms with Gasteiger partial charge in [0, 0.05) is 12.2 Å². The second kappa shape index (κ2) is 11.4. The lowest BCUT2D eigenvalue weighted by Crippen LogP contribution is -2.53. The summed E-state index contributed by atoms with van der Waals surface area (Å²) >= 11 is 0. The van der Waals surface area contributed by atoms with Crippen molar-refractivity contribution in [1.29, 1.82) is 0 Å². The topological polar surface area (TPSA) is 64.6 Å². The number of urea groups is 1. The Hall–Kier alpha value is -2.51. The lowest BCUT2D eigenvalue weighted by Gasteiger charge is -2.36. The first-order chi connectivity index (χ1) is 15.3. The number of carbonyl (C=O) groups is 1. The van der Waals surface area contributed by atoms with E-state index in [0.717, 1.165) is 37.9 Å². The molecule has 2 aromatic rings. The van der Waals surface area contributed by atoms with Crippen molar-refractivity contribution in [2.45, 2.75) is 45.3 Å². The third-order valence-corrected chi connectivity index (χ3v) is 6.12. The van der Waals surface area contributed by atoms with Gasteiger partial charge >= 0.3 is 6.03 Å². The molecule has 32 heavy (non-hydrogen) atoms. The van der Waals surface area contributed by atoms with Crippen LogP contribution in [0.4, 0.5) is 19.3 Å². The monoisotopic (exact) mass is 445 g/mol. The van der Waals surface area contributed by atoms with E-state index < -0.39 is 18.2 Å². The van der Waals surface area contributed by atoms with E-state index in [2.05, 4.69) is 15.5 Å². The molecule has 1 aliphatic rings. The van der Waals surface area contributed by atoms with Gasteiger partial charge in [0.2, 0.25) is 0 Å². The van der Waals surface area contributed by atoms with Gasteiger partial charge in [0.1, 0.15) is 11.6 Å². The van der Waals surface area contributed by atoms with E-state index in [-0.39, 0.29) is 17.6 Å². The first-order valence-corrected chi connectivity index (χ1v) is 11.3. The second-order valence-corrected chi connectivity index (χ2v) is 9.02. The maximum Gasteiger partial charge on any atom is 0.319 e. The summed E-state index contributed by atoms with van der Waals surface area (Å²) in [6.07, 6.45) is 2.28. The summed E-state index contributed by atoms with van der Waals surface area (Å²) in [4.78, 5) is 14.6. The van der Waals surface area contributed by atoms with E-state index in [1.807, 2.05) is 26.0 Å². The molecule has 2 aromatic carbocycles. The van der Waals surface area contributed by atoms with Crippen LogP contribution in [-0.4, -0.2) is 47.8 Å². The smallest absolute Gasteiger partial charge is 0.319 e. The molecule has 1 aliphatic heterocycles. The molecule has 1 fully saturated rings. The Labute approximate surface area is 188 Å². The molecule has 2 atom stereocenters. The zero-order chi connectivity index (χ0) is 23.1. The molecule has 174 valence electrons. The van der Waals surface area contributed by atoms with Crippen molar-refractivity contribution in [1.82, 2.24) is 10.2 Å². The number of hydrogen-bond acceptors (Lipinski definition) is 3. The van der Waals surface area contributed by atoms with Crippen LogP contribution in [0.3, 0.4) is 0 Å². The van der Waals surface area contributed by atoms with Gasteiger partial charge in [-0.1, -0.05) is 26.0 Å². The number of carbonyl (C=O) groups excluding carboxylic acids is 1. The van der Waals surface area contributed by atoms with Crippen LogP contribution in [0.5, 0.6) is 0 Å². The highest BCUT2D eigenvalue weighted by Crippen LogP contribution is 2.22. The number of β-amino-alcohol motifs (C(OH)–C–C–N with tert-alkyl or cyclic N) is 1. The average molecular weight is 446 g/mol. The minimum Gasteiger partial charge on any atom is -0.390 e. The number of amides is 2. The largest absolute Gasteiger partial charge is 0.390 e. The average Bonchev–Trinajstić information content (AvgIpc) is 2.76. The van der Waals surface area contributed by atoms with Crippen LogP contribution in [0.1, 0.15) is 32.3 Å². The van der Waals surface area contributed by atoms with Crippen molar-refractivity contribution in [3.05, 3.63) is 65.7 Å². The molecule has 0 aromatic heterocycles. The molecule has 2 amide bonds. The van der Waals surface area contributed by atoms with Crippen molar-refractivity contribution in [3.63, 3.8) is 0 Å². The minimum atomic E-state index is -0.706. The Morgan fingerprint density at radius 3 is 2.16 bits per heavy atom. The fraction of sp³-hybridized carbons (Fsp3) is 0.480. The Morgan fingerprint density at radius 2 is 1.59 bits per heavy atom. The van der Waals surface area contributed by atoms with Crippen molar-refractivity contribution >= 4 is 11.7 Å². The number of nitrogens with zero attached hydrogens (tertiary/aromatic N) is 1. The van der Waals surface area contributed by atoms with Crippen LogP contribution in [-0.2, 0) is 6.42 Å². The summed E-state index contributed by atoms with van der Waals surface area (Å²) in [6.45, 7) is 6.18. The van der Waals surface area contributed by atoms with E-state index in [0.29, 0.717) is 18.2 Å². The van der Waals surface area contributed by atoms with Gasteiger partial charge in [-0.2, -0.15) is 0 Å². The molecule has 0 aliphatic carbocycles. The number of nitrogens with one attached hydrogen (secondary N) is 2. The molecular formula is C25H33F2N3O2. The molecule has 0 radical (unpaired) electrons. The summed E-state index contributed by atoms with van der Waals surface area (Å²) in [7, 11) is 0. The highest BCUT2D eigenvalue weighted by molar-refractivity contribution is 5.89. The summed E-state index contributed by atoms with van der Waals surface area (Å²) in [5.74, 6) is 0.0134. The Morgan fingerprint density at radius 1 is 1.03 bits per heavy atom. The molecule has 3 rings (SSSR count).